The van der Waals surface area contributed by atoms with Crippen molar-refractivity contribution >= 4 is 39.9 Å². The Kier molecular flexibility index (Phi) is 5.42. The highest BCUT2D eigenvalue weighted by Gasteiger charge is 2.23. The number of carboxylic acid groups (broad SMARTS) is 1. The quantitative estimate of drug-likeness (QED) is 0.536. The molecule has 1 saturated heterocycles. The summed E-state index contributed by atoms with van der Waals surface area (Å²) in [5.41, 5.74) is 1.98. The second kappa shape index (κ2) is 7.29. The summed E-state index contributed by atoms with van der Waals surface area (Å²) in [4.78, 5) is 26.9. The van der Waals surface area contributed by atoms with Crippen LogP contribution >= 0.6 is 15.9 Å². The maximum absolute atomic E-state index is 10.9. The topological polar surface area (TPSA) is 114 Å². The zero-order valence-corrected chi connectivity index (χ0v) is 12.7. The van der Waals surface area contributed by atoms with Crippen LogP contribution in [0.4, 0.5) is 16.4 Å². The predicted molar refractivity (Wildman–Crippen MR) is 79.5 cm³/mol. The second-order valence-corrected chi connectivity index (χ2v) is 5.08. The Labute approximate surface area is 129 Å². The number of aliphatic imine (C=N–C) groups is 1. The molecule has 10 heteroatoms. The molecule has 2 rings (SSSR count). The van der Waals surface area contributed by atoms with E-state index < -0.39 is 6.09 Å². The minimum atomic E-state index is -0.913. The van der Waals surface area contributed by atoms with Gasteiger partial charge in [0.25, 0.3) is 0 Å². The molecule has 1 aliphatic rings. The van der Waals surface area contributed by atoms with Crippen molar-refractivity contribution in [2.24, 2.45) is 4.99 Å². The smallest absolute Gasteiger partial charge is 0.407 e. The summed E-state index contributed by atoms with van der Waals surface area (Å²) in [7, 11) is 0. The lowest BCUT2D eigenvalue weighted by Gasteiger charge is -2.33. The number of hydrogen-bond donors (Lipinski definition) is 3. The van der Waals surface area contributed by atoms with Crippen LogP contribution in [0.1, 0.15) is 0 Å². The molecule has 3 N–H and O–H groups in total. The maximum atomic E-state index is 10.9. The normalized spacial score (nSPS) is 15.7. The molecule has 0 saturated carbocycles. The van der Waals surface area contributed by atoms with Gasteiger partial charge < -0.3 is 20.1 Å². The maximum Gasteiger partial charge on any atom is 0.407 e. The highest BCUT2D eigenvalue weighted by molar-refractivity contribution is 9.10. The van der Waals surface area contributed by atoms with Crippen molar-refractivity contribution in [1.82, 2.24) is 20.3 Å². The van der Waals surface area contributed by atoms with E-state index in [1.54, 1.807) is 6.20 Å². The fourth-order valence-corrected chi connectivity index (χ4v) is 2.21. The zero-order chi connectivity index (χ0) is 15.2. The van der Waals surface area contributed by atoms with Gasteiger partial charge in [-0.3, -0.25) is 0 Å². The number of carbonyl (C=O) groups is 1. The van der Waals surface area contributed by atoms with E-state index in [-0.39, 0.29) is 6.54 Å². The Hall–Kier alpha value is -1.78. The molecule has 1 amide bonds. The third-order valence-corrected chi connectivity index (χ3v) is 3.33. The Morgan fingerprint density at radius 1 is 1.48 bits per heavy atom. The molecule has 1 aromatic heterocycles. The highest BCUT2D eigenvalue weighted by atomic mass is 79.9. The lowest BCUT2D eigenvalue weighted by molar-refractivity contribution is 0.142. The lowest BCUT2D eigenvalue weighted by atomic mass is 10.3. The standard InChI is InChI=1S/C11H15BrN6O3/c12-8-7-14-10(9(16-8)13-1-2-15-21)17-3-5-18(6-4-17)11(19)20/h1,7,15,21H,2-6H2,(H,19,20). The van der Waals surface area contributed by atoms with Crippen molar-refractivity contribution in [2.75, 3.05) is 37.6 Å². The molecule has 114 valence electrons. The number of hydrogen-bond acceptors (Lipinski definition) is 7. The number of anilines is 1. The number of aromatic nitrogens is 2. The van der Waals surface area contributed by atoms with Gasteiger partial charge in [-0.1, -0.05) is 0 Å². The van der Waals surface area contributed by atoms with E-state index in [0.717, 1.165) is 0 Å². The van der Waals surface area contributed by atoms with Crippen molar-refractivity contribution in [2.45, 2.75) is 0 Å². The molecule has 0 aliphatic carbocycles. The minimum Gasteiger partial charge on any atom is -0.465 e. The summed E-state index contributed by atoms with van der Waals surface area (Å²) in [5, 5.41) is 17.5. The fourth-order valence-electron chi connectivity index (χ4n) is 1.94. The van der Waals surface area contributed by atoms with Crippen LogP contribution in [0, 0.1) is 0 Å². The molecule has 0 unspecified atom stereocenters. The Morgan fingerprint density at radius 3 is 2.81 bits per heavy atom. The SMILES string of the molecule is O=C(O)N1CCN(c2ncc(Br)nc2N=CCNO)CC1. The number of rotatable bonds is 4. The molecule has 0 spiro atoms. The highest BCUT2D eigenvalue weighted by Crippen LogP contribution is 2.26. The number of hydroxylamine groups is 1. The van der Waals surface area contributed by atoms with E-state index >= 15 is 0 Å². The van der Waals surface area contributed by atoms with Gasteiger partial charge in [-0.2, -0.15) is 0 Å². The average molecular weight is 359 g/mol. The molecule has 1 aliphatic heterocycles. The summed E-state index contributed by atoms with van der Waals surface area (Å²) in [6, 6.07) is 0. The van der Waals surface area contributed by atoms with Crippen LogP contribution in [-0.2, 0) is 0 Å². The minimum absolute atomic E-state index is 0.195. The molecule has 0 aromatic carbocycles. The van der Waals surface area contributed by atoms with E-state index in [9.17, 15) is 4.79 Å². The third kappa shape index (κ3) is 4.09. The van der Waals surface area contributed by atoms with Gasteiger partial charge >= 0.3 is 6.09 Å². The molecule has 1 aromatic rings. The molecule has 21 heavy (non-hydrogen) atoms. The van der Waals surface area contributed by atoms with Crippen LogP contribution in [0.25, 0.3) is 0 Å². The largest absolute Gasteiger partial charge is 0.465 e. The van der Waals surface area contributed by atoms with Crippen LogP contribution in [-0.4, -0.2) is 70.2 Å². The first-order valence-corrected chi connectivity index (χ1v) is 7.06. The van der Waals surface area contributed by atoms with Gasteiger partial charge in [-0.15, -0.1) is 0 Å². The van der Waals surface area contributed by atoms with Crippen LogP contribution in [0.3, 0.4) is 0 Å². The number of amides is 1. The van der Waals surface area contributed by atoms with Crippen molar-refractivity contribution in [3.05, 3.63) is 10.8 Å². The summed E-state index contributed by atoms with van der Waals surface area (Å²) < 4.78 is 0.555. The molecule has 1 fully saturated rings. The fraction of sp³-hybridized carbons (Fsp3) is 0.455. The summed E-state index contributed by atoms with van der Waals surface area (Å²) >= 11 is 3.24. The first kappa shape index (κ1) is 15.6. The molecule has 0 bridgehead atoms. The van der Waals surface area contributed by atoms with Crippen molar-refractivity contribution in [3.8, 4) is 0 Å². The van der Waals surface area contributed by atoms with Crippen LogP contribution in [0.5, 0.6) is 0 Å². The predicted octanol–water partition coefficient (Wildman–Crippen LogP) is 0.720. The molecule has 2 heterocycles. The molecule has 0 radical (unpaired) electrons. The number of nitrogens with zero attached hydrogens (tertiary/aromatic N) is 5. The zero-order valence-electron chi connectivity index (χ0n) is 11.1. The van der Waals surface area contributed by atoms with Gasteiger partial charge in [0.15, 0.2) is 11.6 Å². The van der Waals surface area contributed by atoms with E-state index in [1.165, 1.54) is 11.1 Å². The number of piperazine rings is 1. The van der Waals surface area contributed by atoms with Crippen LogP contribution in [0.15, 0.2) is 15.8 Å². The van der Waals surface area contributed by atoms with Gasteiger partial charge in [0.1, 0.15) is 4.60 Å². The third-order valence-electron chi connectivity index (χ3n) is 2.95. The van der Waals surface area contributed by atoms with E-state index in [1.807, 2.05) is 10.4 Å². The van der Waals surface area contributed by atoms with Gasteiger partial charge in [0.05, 0.1) is 12.7 Å². The summed E-state index contributed by atoms with van der Waals surface area (Å²) in [5.74, 6) is 1.01. The van der Waals surface area contributed by atoms with Crippen LogP contribution < -0.4 is 10.4 Å². The Morgan fingerprint density at radius 2 is 2.19 bits per heavy atom. The Balaban J connectivity index is 2.14. The number of nitrogens with one attached hydrogen (secondary N) is 1. The Bertz CT molecular complexity index is 533. The van der Waals surface area contributed by atoms with Crippen molar-refractivity contribution < 1.29 is 15.1 Å². The van der Waals surface area contributed by atoms with Gasteiger partial charge in [0.2, 0.25) is 0 Å². The first-order valence-electron chi connectivity index (χ1n) is 6.26. The average Bonchev–Trinajstić information content (AvgIpc) is 2.48. The van der Waals surface area contributed by atoms with Gasteiger partial charge in [-0.25, -0.2) is 25.2 Å². The molecular formula is C11H15BrN6O3. The van der Waals surface area contributed by atoms with Crippen LogP contribution in [0.2, 0.25) is 0 Å². The molecular weight excluding hydrogens is 344 g/mol. The van der Waals surface area contributed by atoms with Crippen molar-refractivity contribution in [1.29, 1.82) is 0 Å². The molecule has 0 atom stereocenters. The van der Waals surface area contributed by atoms with Gasteiger partial charge in [0, 0.05) is 32.4 Å². The first-order chi connectivity index (χ1) is 10.1. The summed E-state index contributed by atoms with van der Waals surface area (Å²) in [6.07, 6.45) is 2.14. The second-order valence-electron chi connectivity index (χ2n) is 4.27. The molecule has 9 nitrogen and oxygen atoms in total. The van der Waals surface area contributed by atoms with E-state index in [2.05, 4.69) is 30.9 Å². The van der Waals surface area contributed by atoms with Gasteiger partial charge in [-0.05, 0) is 15.9 Å². The number of halogens is 1. The monoisotopic (exact) mass is 358 g/mol. The lowest BCUT2D eigenvalue weighted by Crippen LogP contribution is -2.48. The van der Waals surface area contributed by atoms with Crippen molar-refractivity contribution in [3.63, 3.8) is 0 Å². The van der Waals surface area contributed by atoms with E-state index in [0.29, 0.717) is 42.4 Å². The van der Waals surface area contributed by atoms with E-state index in [4.69, 9.17) is 10.3 Å². The summed E-state index contributed by atoms with van der Waals surface area (Å²) in [6.45, 7) is 2.08.